The quantitative estimate of drug-likeness (QED) is 0.636. The molecule has 2 aliphatic heterocycles. The molecule has 2 aliphatic rings. The largest absolute Gasteiger partial charge is 0.348 e. The maximum atomic E-state index is 13.0. The Balaban J connectivity index is 1.36. The van der Waals surface area contributed by atoms with Crippen molar-refractivity contribution in [3.05, 3.63) is 65.2 Å². The number of hydrogen-bond acceptors (Lipinski definition) is 4. The lowest BCUT2D eigenvalue weighted by atomic mass is 10.1. The molecule has 0 atom stereocenters. The number of amides is 2. The van der Waals surface area contributed by atoms with Crippen molar-refractivity contribution in [1.82, 2.24) is 15.1 Å². The van der Waals surface area contributed by atoms with E-state index in [1.54, 1.807) is 0 Å². The lowest BCUT2D eigenvalue weighted by Gasteiger charge is -2.18. The van der Waals surface area contributed by atoms with Gasteiger partial charge in [0, 0.05) is 31.1 Å². The van der Waals surface area contributed by atoms with Crippen LogP contribution in [0.2, 0.25) is 0 Å². The molecule has 0 bridgehead atoms. The number of carbonyl (C=O) groups excluding carboxylic acids is 2. The SMILES string of the molecule is O=C(NCc1ccccc1CN1CCCC1)c1ccccc1SCC(=O)N1CCCC1. The van der Waals surface area contributed by atoms with Gasteiger partial charge in [-0.2, -0.15) is 0 Å². The smallest absolute Gasteiger partial charge is 0.252 e. The van der Waals surface area contributed by atoms with Crippen LogP contribution in [0.4, 0.5) is 0 Å². The number of benzene rings is 2. The first-order chi connectivity index (χ1) is 15.2. The molecule has 2 aromatic rings. The molecule has 0 saturated carbocycles. The summed E-state index contributed by atoms with van der Waals surface area (Å²) in [5.74, 6) is 0.449. The van der Waals surface area contributed by atoms with E-state index in [9.17, 15) is 9.59 Å². The van der Waals surface area contributed by atoms with Gasteiger partial charge in [-0.25, -0.2) is 0 Å². The Morgan fingerprint density at radius 3 is 2.26 bits per heavy atom. The first-order valence-electron chi connectivity index (χ1n) is 11.3. The summed E-state index contributed by atoms with van der Waals surface area (Å²) in [6, 6.07) is 15.9. The molecule has 0 aromatic heterocycles. The van der Waals surface area contributed by atoms with Crippen LogP contribution in [0.5, 0.6) is 0 Å². The number of nitrogens with one attached hydrogen (secondary N) is 1. The van der Waals surface area contributed by atoms with Crippen LogP contribution in [0.25, 0.3) is 0 Å². The van der Waals surface area contributed by atoms with Crippen LogP contribution in [-0.2, 0) is 17.9 Å². The van der Waals surface area contributed by atoms with Gasteiger partial charge in [0.15, 0.2) is 0 Å². The van der Waals surface area contributed by atoms with Crippen molar-refractivity contribution in [3.63, 3.8) is 0 Å². The van der Waals surface area contributed by atoms with Gasteiger partial charge in [0.05, 0.1) is 11.3 Å². The minimum atomic E-state index is -0.0901. The number of nitrogens with zero attached hydrogens (tertiary/aromatic N) is 2. The lowest BCUT2D eigenvalue weighted by molar-refractivity contribution is -0.127. The second kappa shape index (κ2) is 10.8. The third-order valence-electron chi connectivity index (χ3n) is 6.09. The summed E-state index contributed by atoms with van der Waals surface area (Å²) in [5, 5.41) is 3.10. The Morgan fingerprint density at radius 2 is 1.48 bits per heavy atom. The minimum Gasteiger partial charge on any atom is -0.348 e. The van der Waals surface area contributed by atoms with Crippen LogP contribution in [-0.4, -0.2) is 53.5 Å². The standard InChI is InChI=1S/C25H31N3O2S/c29-24(28-15-7-8-16-28)19-31-23-12-4-3-11-22(23)25(30)26-17-20-9-1-2-10-21(20)18-27-13-5-6-14-27/h1-4,9-12H,5-8,13-19H2,(H,26,30). The summed E-state index contributed by atoms with van der Waals surface area (Å²) in [7, 11) is 0. The lowest BCUT2D eigenvalue weighted by Crippen LogP contribution is -2.29. The molecule has 2 fully saturated rings. The molecule has 4 rings (SSSR count). The molecule has 0 spiro atoms. The van der Waals surface area contributed by atoms with Crippen molar-refractivity contribution in [3.8, 4) is 0 Å². The van der Waals surface area contributed by atoms with Crippen molar-refractivity contribution < 1.29 is 9.59 Å². The average Bonchev–Trinajstić information content (AvgIpc) is 3.51. The van der Waals surface area contributed by atoms with Gasteiger partial charge in [-0.05, 0) is 62.0 Å². The molecular formula is C25H31N3O2S. The summed E-state index contributed by atoms with van der Waals surface area (Å²) in [6.07, 6.45) is 4.73. The molecule has 1 N–H and O–H groups in total. The molecule has 2 amide bonds. The highest BCUT2D eigenvalue weighted by Gasteiger charge is 2.19. The zero-order valence-corrected chi connectivity index (χ0v) is 18.8. The van der Waals surface area contributed by atoms with Gasteiger partial charge >= 0.3 is 0 Å². The topological polar surface area (TPSA) is 52.7 Å². The molecule has 0 aliphatic carbocycles. The zero-order chi connectivity index (χ0) is 21.5. The summed E-state index contributed by atoms with van der Waals surface area (Å²) in [6.45, 7) is 5.48. The summed E-state index contributed by atoms with van der Waals surface area (Å²) in [5.41, 5.74) is 3.08. The van der Waals surface area contributed by atoms with Crippen molar-refractivity contribution in [1.29, 1.82) is 0 Å². The van der Waals surface area contributed by atoms with E-state index >= 15 is 0 Å². The molecule has 5 nitrogen and oxygen atoms in total. The van der Waals surface area contributed by atoms with E-state index in [-0.39, 0.29) is 11.8 Å². The van der Waals surface area contributed by atoms with Crippen molar-refractivity contribution >= 4 is 23.6 Å². The number of rotatable bonds is 8. The second-order valence-electron chi connectivity index (χ2n) is 8.31. The van der Waals surface area contributed by atoms with Gasteiger partial charge in [0.2, 0.25) is 5.91 Å². The molecule has 31 heavy (non-hydrogen) atoms. The molecule has 164 valence electrons. The van der Waals surface area contributed by atoms with Gasteiger partial charge in [0.25, 0.3) is 5.91 Å². The Morgan fingerprint density at radius 1 is 0.839 bits per heavy atom. The predicted octanol–water partition coefficient (Wildman–Crippen LogP) is 3.93. The second-order valence-corrected chi connectivity index (χ2v) is 9.32. The Kier molecular flexibility index (Phi) is 7.65. The van der Waals surface area contributed by atoms with E-state index in [1.165, 1.54) is 30.2 Å². The van der Waals surface area contributed by atoms with E-state index in [0.717, 1.165) is 56.0 Å². The number of carbonyl (C=O) groups is 2. The number of hydrogen-bond donors (Lipinski definition) is 1. The van der Waals surface area contributed by atoms with Gasteiger partial charge in [0.1, 0.15) is 0 Å². The predicted molar refractivity (Wildman–Crippen MR) is 125 cm³/mol. The molecule has 6 heteroatoms. The highest BCUT2D eigenvalue weighted by atomic mass is 32.2. The molecule has 0 unspecified atom stereocenters. The summed E-state index contributed by atoms with van der Waals surface area (Å²) in [4.78, 5) is 30.6. The van der Waals surface area contributed by atoms with Crippen LogP contribution < -0.4 is 5.32 Å². The number of thioether (sulfide) groups is 1. The molecule has 2 saturated heterocycles. The summed E-state index contributed by atoms with van der Waals surface area (Å²) >= 11 is 1.46. The van der Waals surface area contributed by atoms with Crippen LogP contribution in [0.3, 0.4) is 0 Å². The maximum Gasteiger partial charge on any atom is 0.252 e. The Hall–Kier alpha value is -2.31. The minimum absolute atomic E-state index is 0.0901. The summed E-state index contributed by atoms with van der Waals surface area (Å²) < 4.78 is 0. The highest BCUT2D eigenvalue weighted by Crippen LogP contribution is 2.24. The van der Waals surface area contributed by atoms with Gasteiger partial charge < -0.3 is 10.2 Å². The van der Waals surface area contributed by atoms with Gasteiger partial charge in [-0.3, -0.25) is 14.5 Å². The van der Waals surface area contributed by atoms with Crippen LogP contribution in [0.15, 0.2) is 53.4 Å². The van der Waals surface area contributed by atoms with Crippen molar-refractivity contribution in [2.24, 2.45) is 0 Å². The Labute approximate surface area is 189 Å². The molecule has 0 radical (unpaired) electrons. The van der Waals surface area contributed by atoms with Crippen LogP contribution in [0, 0.1) is 0 Å². The van der Waals surface area contributed by atoms with E-state index < -0.39 is 0 Å². The Bertz CT molecular complexity index is 905. The van der Waals surface area contributed by atoms with Crippen molar-refractivity contribution in [2.45, 2.75) is 43.7 Å². The maximum absolute atomic E-state index is 13.0. The van der Waals surface area contributed by atoms with Crippen molar-refractivity contribution in [2.75, 3.05) is 31.9 Å². The average molecular weight is 438 g/mol. The zero-order valence-electron chi connectivity index (χ0n) is 18.0. The first-order valence-corrected chi connectivity index (χ1v) is 12.3. The van der Waals surface area contributed by atoms with Crippen LogP contribution >= 0.6 is 11.8 Å². The first kappa shape index (κ1) is 21.9. The third kappa shape index (κ3) is 5.89. The van der Waals surface area contributed by atoms with Gasteiger partial charge in [-0.1, -0.05) is 36.4 Å². The third-order valence-corrected chi connectivity index (χ3v) is 7.15. The fourth-order valence-corrected chi connectivity index (χ4v) is 5.27. The number of likely N-dealkylation sites (tertiary alicyclic amines) is 2. The van der Waals surface area contributed by atoms with Gasteiger partial charge in [-0.15, -0.1) is 11.8 Å². The van der Waals surface area contributed by atoms with Crippen LogP contribution in [0.1, 0.15) is 47.2 Å². The fourth-order valence-electron chi connectivity index (χ4n) is 4.31. The van der Waals surface area contributed by atoms with E-state index in [2.05, 4.69) is 28.4 Å². The molecule has 2 heterocycles. The molecule has 2 aromatic carbocycles. The van der Waals surface area contributed by atoms with E-state index in [1.807, 2.05) is 35.2 Å². The van der Waals surface area contributed by atoms with E-state index in [0.29, 0.717) is 17.9 Å². The van der Waals surface area contributed by atoms with E-state index in [4.69, 9.17) is 0 Å². The fraction of sp³-hybridized carbons (Fsp3) is 0.440. The highest BCUT2D eigenvalue weighted by molar-refractivity contribution is 8.00. The monoisotopic (exact) mass is 437 g/mol. The normalized spacial score (nSPS) is 16.6. The molecular weight excluding hydrogens is 406 g/mol.